The van der Waals surface area contributed by atoms with Crippen molar-refractivity contribution in [1.29, 1.82) is 5.26 Å². The molecule has 28 heavy (non-hydrogen) atoms. The quantitative estimate of drug-likeness (QED) is 0.338. The maximum absolute atomic E-state index is 8.83. The van der Waals surface area contributed by atoms with E-state index in [0.29, 0.717) is 12.5 Å². The summed E-state index contributed by atoms with van der Waals surface area (Å²) in [5.74, 6) is 2.04. The van der Waals surface area contributed by atoms with E-state index in [1.807, 2.05) is 0 Å². The first-order valence-corrected chi connectivity index (χ1v) is 13.9. The van der Waals surface area contributed by atoms with Crippen LogP contribution in [0.4, 0.5) is 0 Å². The molecule has 0 amide bonds. The molecule has 0 aromatic heterocycles. The Labute approximate surface area is 173 Å². The van der Waals surface area contributed by atoms with Gasteiger partial charge in [-0.15, -0.1) is 0 Å². The molecule has 0 bridgehead atoms. The lowest BCUT2D eigenvalue weighted by atomic mass is 9.97. The number of ether oxygens (including phenoxy) is 1. The summed E-state index contributed by atoms with van der Waals surface area (Å²) in [6.07, 6.45) is 10.1. The van der Waals surface area contributed by atoms with Crippen LogP contribution in [-0.4, -0.2) is 14.4 Å². The van der Waals surface area contributed by atoms with Crippen LogP contribution in [0.25, 0.3) is 0 Å². The Morgan fingerprint density at radius 3 is 2.36 bits per heavy atom. The van der Waals surface area contributed by atoms with Crippen molar-refractivity contribution in [2.24, 2.45) is 0 Å². The summed E-state index contributed by atoms with van der Waals surface area (Å²) >= 11 is 0. The number of hydrogen-bond donors (Lipinski definition) is 0. The van der Waals surface area contributed by atoms with E-state index < -0.39 is 8.32 Å². The van der Waals surface area contributed by atoms with Crippen LogP contribution in [0.15, 0.2) is 12.1 Å². The van der Waals surface area contributed by atoms with Crippen LogP contribution in [0.1, 0.15) is 83.3 Å². The van der Waals surface area contributed by atoms with Gasteiger partial charge in [-0.1, -0.05) is 27.2 Å². The molecule has 1 aromatic carbocycles. The fourth-order valence-corrected chi connectivity index (χ4v) is 4.48. The predicted octanol–water partition coefficient (Wildman–Crippen LogP) is 7.33. The van der Waals surface area contributed by atoms with Crippen LogP contribution in [0.2, 0.25) is 18.1 Å². The Morgan fingerprint density at radius 2 is 1.75 bits per heavy atom. The molecular formula is C24H39NO2Si. The Morgan fingerprint density at radius 1 is 1.07 bits per heavy atom. The molecule has 0 saturated heterocycles. The van der Waals surface area contributed by atoms with Gasteiger partial charge in [0.05, 0.1) is 12.2 Å². The molecule has 0 N–H and O–H groups in total. The fraction of sp³-hybridized carbons (Fsp3) is 0.708. The number of aryl methyl sites for hydroxylation is 2. The van der Waals surface area contributed by atoms with Crippen molar-refractivity contribution in [2.75, 3.05) is 0 Å². The van der Waals surface area contributed by atoms with Gasteiger partial charge in [0, 0.05) is 6.42 Å². The summed E-state index contributed by atoms with van der Waals surface area (Å²) in [6.45, 7) is 13.6. The Bertz CT molecular complexity index is 679. The van der Waals surface area contributed by atoms with Gasteiger partial charge in [0.2, 0.25) is 8.32 Å². The molecule has 0 heterocycles. The fourth-order valence-electron chi connectivity index (χ4n) is 3.43. The highest BCUT2D eigenvalue weighted by molar-refractivity contribution is 6.74. The van der Waals surface area contributed by atoms with Gasteiger partial charge in [-0.3, -0.25) is 0 Å². The second kappa shape index (κ2) is 9.83. The first-order valence-electron chi connectivity index (χ1n) is 11.0. The third kappa shape index (κ3) is 6.27. The molecule has 0 unspecified atom stereocenters. The Hall–Kier alpha value is -1.47. The van der Waals surface area contributed by atoms with E-state index in [0.717, 1.165) is 30.8 Å². The largest absolute Gasteiger partial charge is 0.543 e. The third-order valence-corrected chi connectivity index (χ3v) is 10.7. The lowest BCUT2D eigenvalue weighted by Crippen LogP contribution is -2.44. The topological polar surface area (TPSA) is 42.2 Å². The minimum atomic E-state index is -1.91. The van der Waals surface area contributed by atoms with E-state index in [9.17, 15) is 0 Å². The average Bonchev–Trinajstić information content (AvgIpc) is 2.61. The smallest absolute Gasteiger partial charge is 0.250 e. The molecule has 1 fully saturated rings. The maximum atomic E-state index is 8.83. The number of rotatable bonds is 8. The molecule has 1 aliphatic rings. The lowest BCUT2D eigenvalue weighted by molar-refractivity contribution is 0.154. The van der Waals surface area contributed by atoms with Gasteiger partial charge in [0.25, 0.3) is 0 Å². The highest BCUT2D eigenvalue weighted by Crippen LogP contribution is 2.40. The normalized spacial score (nSPS) is 15.9. The monoisotopic (exact) mass is 401 g/mol. The van der Waals surface area contributed by atoms with Crippen molar-refractivity contribution in [3.05, 3.63) is 23.3 Å². The minimum Gasteiger partial charge on any atom is -0.543 e. The second-order valence-electron chi connectivity index (χ2n) is 9.83. The average molecular weight is 402 g/mol. The van der Waals surface area contributed by atoms with E-state index in [-0.39, 0.29) is 5.04 Å². The van der Waals surface area contributed by atoms with Crippen molar-refractivity contribution in [3.8, 4) is 17.6 Å². The molecule has 1 aromatic rings. The van der Waals surface area contributed by atoms with Crippen LogP contribution >= 0.6 is 0 Å². The molecule has 3 nitrogen and oxygen atoms in total. The number of nitrogens with zero attached hydrogens (tertiary/aromatic N) is 1. The second-order valence-corrected chi connectivity index (χ2v) is 14.6. The summed E-state index contributed by atoms with van der Waals surface area (Å²) in [4.78, 5) is 0. The molecule has 1 aliphatic carbocycles. The van der Waals surface area contributed by atoms with E-state index in [2.05, 4.69) is 59.0 Å². The van der Waals surface area contributed by atoms with Crippen molar-refractivity contribution in [2.45, 2.75) is 110 Å². The van der Waals surface area contributed by atoms with E-state index in [4.69, 9.17) is 14.4 Å². The van der Waals surface area contributed by atoms with Gasteiger partial charge in [0.15, 0.2) is 0 Å². The first kappa shape index (κ1) is 22.8. The molecule has 0 aliphatic heterocycles. The maximum Gasteiger partial charge on any atom is 0.250 e. The Balaban J connectivity index is 2.26. The SMILES string of the molecule is Cc1cc(O[Si](C)(C)C(C)(C)C)c(CCCCC#N)cc1OC1CCCCC1. The van der Waals surface area contributed by atoms with Gasteiger partial charge in [0.1, 0.15) is 11.5 Å². The van der Waals surface area contributed by atoms with Crippen LogP contribution < -0.4 is 9.16 Å². The van der Waals surface area contributed by atoms with Gasteiger partial charge >= 0.3 is 0 Å². The van der Waals surface area contributed by atoms with E-state index in [1.165, 1.54) is 43.2 Å². The molecular weight excluding hydrogens is 362 g/mol. The molecule has 2 rings (SSSR count). The molecule has 1 saturated carbocycles. The first-order chi connectivity index (χ1) is 13.1. The van der Waals surface area contributed by atoms with Crippen molar-refractivity contribution in [3.63, 3.8) is 0 Å². The van der Waals surface area contributed by atoms with Crippen LogP contribution in [-0.2, 0) is 6.42 Å². The van der Waals surface area contributed by atoms with Crippen molar-refractivity contribution in [1.82, 2.24) is 0 Å². The molecule has 0 spiro atoms. The Kier molecular flexibility index (Phi) is 8.01. The van der Waals surface area contributed by atoms with Gasteiger partial charge in [-0.25, -0.2) is 0 Å². The highest BCUT2D eigenvalue weighted by Gasteiger charge is 2.39. The van der Waals surface area contributed by atoms with Gasteiger partial charge in [-0.2, -0.15) is 5.26 Å². The summed E-state index contributed by atoms with van der Waals surface area (Å²) in [5, 5.41) is 9.00. The number of unbranched alkanes of at least 4 members (excludes halogenated alkanes) is 2. The predicted molar refractivity (Wildman–Crippen MR) is 120 cm³/mol. The van der Waals surface area contributed by atoms with E-state index >= 15 is 0 Å². The third-order valence-electron chi connectivity index (χ3n) is 6.36. The highest BCUT2D eigenvalue weighted by atomic mass is 28.4. The van der Waals surface area contributed by atoms with Gasteiger partial charge < -0.3 is 9.16 Å². The summed E-state index contributed by atoms with van der Waals surface area (Å²) in [5.41, 5.74) is 2.40. The zero-order chi connectivity index (χ0) is 20.8. The number of benzene rings is 1. The van der Waals surface area contributed by atoms with Crippen LogP contribution in [0.5, 0.6) is 11.5 Å². The zero-order valence-electron chi connectivity index (χ0n) is 18.9. The molecule has 0 radical (unpaired) electrons. The van der Waals surface area contributed by atoms with Gasteiger partial charge in [-0.05, 0) is 93.3 Å². The molecule has 156 valence electrons. The summed E-state index contributed by atoms with van der Waals surface area (Å²) in [6, 6.07) is 6.67. The van der Waals surface area contributed by atoms with E-state index in [1.54, 1.807) is 0 Å². The number of nitriles is 1. The van der Waals surface area contributed by atoms with Crippen molar-refractivity contribution < 1.29 is 9.16 Å². The van der Waals surface area contributed by atoms with Crippen LogP contribution in [0.3, 0.4) is 0 Å². The summed E-state index contributed by atoms with van der Waals surface area (Å²) in [7, 11) is -1.91. The van der Waals surface area contributed by atoms with Crippen LogP contribution in [0, 0.1) is 18.3 Å². The summed E-state index contributed by atoms with van der Waals surface area (Å²) < 4.78 is 13.1. The lowest BCUT2D eigenvalue weighted by Gasteiger charge is -2.37. The zero-order valence-corrected chi connectivity index (χ0v) is 19.9. The standard InChI is InChI=1S/C24H39NO2Si/c1-19-17-23(27-28(5,6)24(2,3)4)20(13-9-8-12-16-25)18-22(19)26-21-14-10-7-11-15-21/h17-18,21H,7-15H2,1-6H3. The molecule has 4 heteroatoms. The molecule has 0 atom stereocenters. The van der Waals surface area contributed by atoms with Crippen molar-refractivity contribution >= 4 is 8.32 Å². The minimum absolute atomic E-state index is 0.163. The number of hydrogen-bond acceptors (Lipinski definition) is 3.